The van der Waals surface area contributed by atoms with Crippen molar-refractivity contribution in [2.45, 2.75) is 31.8 Å². The Labute approximate surface area is 143 Å². The van der Waals surface area contributed by atoms with Gasteiger partial charge in [0.2, 0.25) is 0 Å². The molecule has 1 amide bonds. The fraction of sp³-hybridized carbons (Fsp3) is 0.632. The molecule has 1 saturated heterocycles. The molecule has 0 spiro atoms. The summed E-state index contributed by atoms with van der Waals surface area (Å²) in [4.78, 5) is 14.1. The summed E-state index contributed by atoms with van der Waals surface area (Å²) in [6.07, 6.45) is 3.08. The Kier molecular flexibility index (Phi) is 4.99. The Morgan fingerprint density at radius 1 is 1.25 bits per heavy atom. The van der Waals surface area contributed by atoms with Gasteiger partial charge in [0.05, 0.1) is 13.7 Å². The van der Waals surface area contributed by atoms with Crippen molar-refractivity contribution in [1.82, 2.24) is 4.90 Å². The summed E-state index contributed by atoms with van der Waals surface area (Å²) in [6.45, 7) is 3.62. The van der Waals surface area contributed by atoms with Crippen molar-refractivity contribution < 1.29 is 19.0 Å². The number of hydrogen-bond acceptors (Lipinski definition) is 4. The van der Waals surface area contributed by atoms with Crippen molar-refractivity contribution in [2.24, 2.45) is 11.8 Å². The van der Waals surface area contributed by atoms with E-state index in [1.165, 1.54) is 6.42 Å². The normalized spacial score (nSPS) is 29.2. The first kappa shape index (κ1) is 17.1. The molecule has 0 radical (unpaired) electrons. The highest BCUT2D eigenvalue weighted by molar-refractivity contribution is 5.68. The van der Waals surface area contributed by atoms with E-state index >= 15 is 0 Å². The third kappa shape index (κ3) is 2.75. The van der Waals surface area contributed by atoms with Gasteiger partial charge in [0.25, 0.3) is 0 Å². The fourth-order valence-electron chi connectivity index (χ4n) is 4.59. The number of likely N-dealkylation sites (tertiary alicyclic amines) is 1. The van der Waals surface area contributed by atoms with Gasteiger partial charge in [-0.1, -0.05) is 18.6 Å². The zero-order chi connectivity index (χ0) is 17.2. The lowest BCUT2D eigenvalue weighted by atomic mass is 9.62. The standard InChI is InChI=1S/C19H27NO4/c1-4-24-18(21)20-12-15-8-5-9-16(13-20)19(15,23-3)14-7-6-10-17(11-14)22-2/h6-7,10-11,15-16H,4-5,8-9,12-13H2,1-3H3/t15-,16+,19?. The van der Waals surface area contributed by atoms with Crippen molar-refractivity contribution in [3.05, 3.63) is 29.8 Å². The van der Waals surface area contributed by atoms with E-state index in [2.05, 4.69) is 12.1 Å². The first-order valence-electron chi connectivity index (χ1n) is 8.77. The minimum absolute atomic E-state index is 0.204. The van der Waals surface area contributed by atoms with Crippen LogP contribution >= 0.6 is 0 Å². The molecular weight excluding hydrogens is 306 g/mol. The summed E-state index contributed by atoms with van der Waals surface area (Å²) >= 11 is 0. The molecule has 1 saturated carbocycles. The minimum atomic E-state index is -0.351. The Morgan fingerprint density at radius 2 is 1.96 bits per heavy atom. The number of piperidine rings is 1. The van der Waals surface area contributed by atoms with Crippen LogP contribution in [-0.4, -0.2) is 44.9 Å². The van der Waals surface area contributed by atoms with Gasteiger partial charge in [-0.15, -0.1) is 0 Å². The molecule has 0 N–H and O–H groups in total. The number of amides is 1. The summed E-state index contributed by atoms with van der Waals surface area (Å²) in [7, 11) is 3.48. The van der Waals surface area contributed by atoms with Crippen LogP contribution in [0.15, 0.2) is 24.3 Å². The SMILES string of the molecule is CCOC(=O)N1C[C@H]2CCC[C@@H](C1)C2(OC)c1cccc(OC)c1. The highest BCUT2D eigenvalue weighted by Crippen LogP contribution is 2.51. The number of carbonyl (C=O) groups is 1. The Balaban J connectivity index is 1.94. The van der Waals surface area contributed by atoms with Crippen molar-refractivity contribution in [3.8, 4) is 5.75 Å². The number of rotatable bonds is 4. The zero-order valence-electron chi connectivity index (χ0n) is 14.8. The van der Waals surface area contributed by atoms with Gasteiger partial charge in [-0.2, -0.15) is 0 Å². The van der Waals surface area contributed by atoms with Gasteiger partial charge in [0.1, 0.15) is 11.4 Å². The van der Waals surface area contributed by atoms with E-state index in [-0.39, 0.29) is 23.5 Å². The molecule has 2 fully saturated rings. The van der Waals surface area contributed by atoms with Crippen LogP contribution in [0, 0.1) is 11.8 Å². The minimum Gasteiger partial charge on any atom is -0.497 e. The maximum absolute atomic E-state index is 12.2. The molecule has 2 aliphatic rings. The lowest BCUT2D eigenvalue weighted by molar-refractivity contribution is -0.164. The van der Waals surface area contributed by atoms with Crippen molar-refractivity contribution >= 4 is 6.09 Å². The quantitative estimate of drug-likeness (QED) is 0.847. The van der Waals surface area contributed by atoms with Crippen molar-refractivity contribution in [1.29, 1.82) is 0 Å². The van der Waals surface area contributed by atoms with Gasteiger partial charge in [0, 0.05) is 32.0 Å². The summed E-state index contributed by atoms with van der Waals surface area (Å²) < 4.78 is 16.8. The van der Waals surface area contributed by atoms with Crippen LogP contribution in [0.4, 0.5) is 4.79 Å². The second-order valence-corrected chi connectivity index (χ2v) is 6.66. The summed E-state index contributed by atoms with van der Waals surface area (Å²) in [5, 5.41) is 0. The molecule has 1 aliphatic heterocycles. The molecule has 5 heteroatoms. The number of hydrogen-bond donors (Lipinski definition) is 0. The molecule has 5 nitrogen and oxygen atoms in total. The van der Waals surface area contributed by atoms with Crippen LogP contribution in [0.3, 0.4) is 0 Å². The lowest BCUT2D eigenvalue weighted by Gasteiger charge is -2.55. The molecule has 1 heterocycles. The average molecular weight is 333 g/mol. The number of benzene rings is 1. The number of carbonyl (C=O) groups excluding carboxylic acids is 1. The van der Waals surface area contributed by atoms with E-state index in [1.807, 2.05) is 24.0 Å². The van der Waals surface area contributed by atoms with E-state index in [4.69, 9.17) is 14.2 Å². The number of ether oxygens (including phenoxy) is 3. The van der Waals surface area contributed by atoms with Gasteiger partial charge in [-0.25, -0.2) is 4.79 Å². The number of fused-ring (bicyclic) bond motifs is 2. The molecule has 0 aromatic heterocycles. The molecule has 2 bridgehead atoms. The number of methoxy groups -OCH3 is 2. The van der Waals surface area contributed by atoms with Crippen LogP contribution in [0.5, 0.6) is 5.75 Å². The Morgan fingerprint density at radius 3 is 2.54 bits per heavy atom. The van der Waals surface area contributed by atoms with Crippen LogP contribution in [0.1, 0.15) is 31.7 Å². The van der Waals surface area contributed by atoms with Gasteiger partial charge < -0.3 is 19.1 Å². The maximum atomic E-state index is 12.2. The third-order valence-electron chi connectivity index (χ3n) is 5.58. The monoisotopic (exact) mass is 333 g/mol. The highest BCUT2D eigenvalue weighted by Gasteiger charge is 2.54. The smallest absolute Gasteiger partial charge is 0.409 e. The second kappa shape index (κ2) is 7.01. The summed E-state index contributed by atoms with van der Waals surface area (Å²) in [5.41, 5.74) is 0.804. The van der Waals surface area contributed by atoms with E-state index in [1.54, 1.807) is 14.2 Å². The molecule has 3 atom stereocenters. The molecule has 24 heavy (non-hydrogen) atoms. The predicted octanol–water partition coefficient (Wildman–Crippen LogP) is 3.43. The van der Waals surface area contributed by atoms with Gasteiger partial charge in [-0.3, -0.25) is 0 Å². The molecular formula is C19H27NO4. The molecule has 1 unspecified atom stereocenters. The van der Waals surface area contributed by atoms with E-state index in [9.17, 15) is 4.79 Å². The topological polar surface area (TPSA) is 48.0 Å². The van der Waals surface area contributed by atoms with Gasteiger partial charge in [-0.05, 0) is 37.5 Å². The van der Waals surface area contributed by atoms with Gasteiger partial charge >= 0.3 is 6.09 Å². The van der Waals surface area contributed by atoms with E-state index < -0.39 is 0 Å². The average Bonchev–Trinajstić information content (AvgIpc) is 2.60. The summed E-state index contributed by atoms with van der Waals surface area (Å²) in [5.74, 6) is 1.38. The maximum Gasteiger partial charge on any atom is 0.409 e. The highest BCUT2D eigenvalue weighted by atomic mass is 16.6. The third-order valence-corrected chi connectivity index (χ3v) is 5.58. The second-order valence-electron chi connectivity index (χ2n) is 6.66. The summed E-state index contributed by atoms with van der Waals surface area (Å²) in [6, 6.07) is 8.17. The van der Waals surface area contributed by atoms with E-state index in [0.717, 1.165) is 24.2 Å². The molecule has 1 aromatic carbocycles. The lowest BCUT2D eigenvalue weighted by Crippen LogP contribution is -2.60. The van der Waals surface area contributed by atoms with Crippen LogP contribution in [0.2, 0.25) is 0 Å². The molecule has 132 valence electrons. The molecule has 3 rings (SSSR count). The van der Waals surface area contributed by atoms with Crippen LogP contribution in [-0.2, 0) is 15.1 Å². The Bertz CT molecular complexity index is 574. The van der Waals surface area contributed by atoms with Gasteiger partial charge in [0.15, 0.2) is 0 Å². The molecule has 1 aromatic rings. The van der Waals surface area contributed by atoms with Crippen LogP contribution in [0.25, 0.3) is 0 Å². The van der Waals surface area contributed by atoms with E-state index in [0.29, 0.717) is 19.7 Å². The fourth-order valence-corrected chi connectivity index (χ4v) is 4.59. The first-order chi connectivity index (χ1) is 11.7. The van der Waals surface area contributed by atoms with Crippen molar-refractivity contribution in [3.63, 3.8) is 0 Å². The predicted molar refractivity (Wildman–Crippen MR) is 91.1 cm³/mol. The van der Waals surface area contributed by atoms with Crippen molar-refractivity contribution in [2.75, 3.05) is 33.9 Å². The Hall–Kier alpha value is -1.75. The van der Waals surface area contributed by atoms with Crippen LogP contribution < -0.4 is 4.74 Å². The zero-order valence-corrected chi connectivity index (χ0v) is 14.8. The number of nitrogens with zero attached hydrogens (tertiary/aromatic N) is 1. The molecule has 1 aliphatic carbocycles. The first-order valence-corrected chi connectivity index (χ1v) is 8.77. The largest absolute Gasteiger partial charge is 0.497 e.